The summed E-state index contributed by atoms with van der Waals surface area (Å²) < 4.78 is 24.3. The minimum absolute atomic E-state index is 0.165. The molecule has 0 aliphatic carbocycles. The summed E-state index contributed by atoms with van der Waals surface area (Å²) in [5.74, 6) is 0. The fourth-order valence-corrected chi connectivity index (χ4v) is 2.11. The Morgan fingerprint density at radius 3 is 2.53 bits per heavy atom. The van der Waals surface area contributed by atoms with Crippen LogP contribution in [0.4, 0.5) is 0 Å². The van der Waals surface area contributed by atoms with Gasteiger partial charge in [0, 0.05) is 18.5 Å². The lowest BCUT2D eigenvalue weighted by atomic mass is 10.2. The van der Waals surface area contributed by atoms with E-state index in [1.807, 2.05) is 26.1 Å². The van der Waals surface area contributed by atoms with E-state index in [0.29, 0.717) is 0 Å². The zero-order valence-electron chi connectivity index (χ0n) is 11.0. The number of pyridine rings is 1. The molecular weight excluding hydrogens is 264 g/mol. The van der Waals surface area contributed by atoms with Crippen molar-refractivity contribution in [2.45, 2.75) is 17.9 Å². The van der Waals surface area contributed by atoms with E-state index < -0.39 is 9.84 Å². The van der Waals surface area contributed by atoms with Crippen LogP contribution in [0.5, 0.6) is 0 Å². The second kappa shape index (κ2) is 5.10. The Bertz CT molecular complexity index is 661. The molecule has 0 aliphatic rings. The molecule has 2 aromatic rings. The van der Waals surface area contributed by atoms with Crippen molar-refractivity contribution in [3.8, 4) is 5.69 Å². The number of sulfone groups is 1. The molecule has 0 aliphatic heterocycles. The monoisotopic (exact) mass is 280 g/mol. The maximum Gasteiger partial charge on any atom is 0.178 e. The first-order valence-corrected chi connectivity index (χ1v) is 7.69. The number of hydrogen-bond acceptors (Lipinski definition) is 5. The van der Waals surface area contributed by atoms with Gasteiger partial charge >= 0.3 is 0 Å². The predicted octanol–water partition coefficient (Wildman–Crippen LogP) is 0.951. The molecule has 0 saturated heterocycles. The van der Waals surface area contributed by atoms with E-state index in [0.717, 1.165) is 17.6 Å². The summed E-state index contributed by atoms with van der Waals surface area (Å²) in [5.41, 5.74) is 1.64. The Kier molecular flexibility index (Phi) is 3.68. The quantitative estimate of drug-likeness (QED) is 0.902. The Labute approximate surface area is 112 Å². The van der Waals surface area contributed by atoms with E-state index in [-0.39, 0.29) is 10.9 Å². The van der Waals surface area contributed by atoms with E-state index in [1.165, 1.54) is 17.1 Å². The smallest absolute Gasteiger partial charge is 0.178 e. The van der Waals surface area contributed by atoms with Crippen molar-refractivity contribution in [3.05, 3.63) is 36.4 Å². The van der Waals surface area contributed by atoms with E-state index in [9.17, 15) is 8.42 Å². The van der Waals surface area contributed by atoms with Gasteiger partial charge in [0.2, 0.25) is 0 Å². The van der Waals surface area contributed by atoms with Crippen molar-refractivity contribution in [2.24, 2.45) is 0 Å². The Morgan fingerprint density at radius 1 is 1.32 bits per heavy atom. The molecule has 0 spiro atoms. The second-order valence-corrected chi connectivity index (χ2v) is 6.36. The molecule has 0 radical (unpaired) electrons. The van der Waals surface area contributed by atoms with Crippen LogP contribution in [0.3, 0.4) is 0 Å². The zero-order valence-corrected chi connectivity index (χ0v) is 11.8. The molecule has 0 fully saturated rings. The molecule has 0 bridgehead atoms. The fraction of sp³-hybridized carbons (Fsp3) is 0.333. The lowest BCUT2D eigenvalue weighted by Crippen LogP contribution is -2.13. The highest BCUT2D eigenvalue weighted by Gasteiger charge is 2.11. The third-order valence-electron chi connectivity index (χ3n) is 2.90. The summed E-state index contributed by atoms with van der Waals surface area (Å²) in [4.78, 5) is 4.52. The van der Waals surface area contributed by atoms with Crippen LogP contribution < -0.4 is 5.32 Å². The van der Waals surface area contributed by atoms with Crippen molar-refractivity contribution in [3.63, 3.8) is 0 Å². The van der Waals surface area contributed by atoms with Crippen LogP contribution in [0.2, 0.25) is 0 Å². The fourth-order valence-electron chi connectivity index (χ4n) is 1.58. The van der Waals surface area contributed by atoms with Crippen LogP contribution in [-0.4, -0.2) is 36.5 Å². The first-order chi connectivity index (χ1) is 8.91. The lowest BCUT2D eigenvalue weighted by Gasteiger charge is -2.09. The van der Waals surface area contributed by atoms with Crippen LogP contribution in [0.1, 0.15) is 18.7 Å². The van der Waals surface area contributed by atoms with Gasteiger partial charge in [-0.2, -0.15) is 5.10 Å². The molecule has 2 aromatic heterocycles. The molecule has 2 rings (SSSR count). The topological polar surface area (TPSA) is 76.9 Å². The van der Waals surface area contributed by atoms with E-state index >= 15 is 0 Å². The summed E-state index contributed by atoms with van der Waals surface area (Å²) >= 11 is 0. The number of hydrogen-bond donors (Lipinski definition) is 1. The number of aromatic nitrogens is 3. The van der Waals surface area contributed by atoms with E-state index in [1.54, 1.807) is 6.20 Å². The highest BCUT2D eigenvalue weighted by atomic mass is 32.2. The molecule has 7 heteroatoms. The normalized spacial score (nSPS) is 13.4. The maximum absolute atomic E-state index is 11.4. The summed E-state index contributed by atoms with van der Waals surface area (Å²) in [6.07, 6.45) is 5.64. The average Bonchev–Trinajstić information content (AvgIpc) is 2.87. The molecule has 1 N–H and O–H groups in total. The third-order valence-corrected chi connectivity index (χ3v) is 3.97. The van der Waals surface area contributed by atoms with Crippen molar-refractivity contribution < 1.29 is 8.42 Å². The summed E-state index contributed by atoms with van der Waals surface area (Å²) in [7, 11) is -1.36. The Balaban J connectivity index is 2.30. The molecule has 1 atom stereocenters. The molecule has 0 amide bonds. The molecule has 19 heavy (non-hydrogen) atoms. The van der Waals surface area contributed by atoms with Crippen LogP contribution in [0, 0.1) is 0 Å². The van der Waals surface area contributed by atoms with Gasteiger partial charge in [0.1, 0.15) is 4.90 Å². The van der Waals surface area contributed by atoms with Gasteiger partial charge in [-0.1, -0.05) is 0 Å². The van der Waals surface area contributed by atoms with Gasteiger partial charge in [-0.3, -0.25) is 4.98 Å². The molecule has 0 saturated carbocycles. The van der Waals surface area contributed by atoms with Crippen LogP contribution in [0.15, 0.2) is 35.6 Å². The molecule has 0 aromatic carbocycles. The van der Waals surface area contributed by atoms with Crippen LogP contribution >= 0.6 is 0 Å². The predicted molar refractivity (Wildman–Crippen MR) is 71.9 cm³/mol. The zero-order chi connectivity index (χ0) is 14.0. The van der Waals surface area contributed by atoms with Gasteiger partial charge in [-0.15, -0.1) is 0 Å². The highest BCUT2D eigenvalue weighted by molar-refractivity contribution is 7.90. The lowest BCUT2D eigenvalue weighted by molar-refractivity contribution is 0.602. The first kappa shape index (κ1) is 13.7. The minimum Gasteiger partial charge on any atom is -0.312 e. The van der Waals surface area contributed by atoms with E-state index in [4.69, 9.17) is 0 Å². The van der Waals surface area contributed by atoms with Gasteiger partial charge in [0.05, 0.1) is 23.8 Å². The van der Waals surface area contributed by atoms with Crippen molar-refractivity contribution in [1.29, 1.82) is 0 Å². The second-order valence-electron chi connectivity index (χ2n) is 4.34. The highest BCUT2D eigenvalue weighted by Crippen LogP contribution is 2.14. The van der Waals surface area contributed by atoms with Crippen molar-refractivity contribution >= 4 is 9.84 Å². The molecular formula is C12H16N4O2S. The minimum atomic E-state index is -3.23. The molecule has 6 nitrogen and oxygen atoms in total. The van der Waals surface area contributed by atoms with Crippen LogP contribution in [-0.2, 0) is 9.84 Å². The van der Waals surface area contributed by atoms with Gasteiger partial charge < -0.3 is 5.32 Å². The molecule has 102 valence electrons. The average molecular weight is 280 g/mol. The largest absolute Gasteiger partial charge is 0.312 e. The molecule has 2 heterocycles. The SMILES string of the molecule is CNC(C)c1ccc(-n2cc(S(C)(=O)=O)cn2)cn1. The Hall–Kier alpha value is -1.73. The summed E-state index contributed by atoms with van der Waals surface area (Å²) in [6.45, 7) is 2.01. The summed E-state index contributed by atoms with van der Waals surface area (Å²) in [5, 5.41) is 7.13. The van der Waals surface area contributed by atoms with Crippen LogP contribution in [0.25, 0.3) is 5.69 Å². The maximum atomic E-state index is 11.4. The Morgan fingerprint density at radius 2 is 2.05 bits per heavy atom. The van der Waals surface area contributed by atoms with Gasteiger partial charge in [-0.25, -0.2) is 13.1 Å². The van der Waals surface area contributed by atoms with Gasteiger partial charge in [0.15, 0.2) is 9.84 Å². The molecule has 1 unspecified atom stereocenters. The number of nitrogens with zero attached hydrogens (tertiary/aromatic N) is 3. The van der Waals surface area contributed by atoms with Crippen molar-refractivity contribution in [2.75, 3.05) is 13.3 Å². The summed E-state index contributed by atoms with van der Waals surface area (Å²) in [6, 6.07) is 3.91. The van der Waals surface area contributed by atoms with Gasteiger partial charge in [-0.05, 0) is 26.1 Å². The van der Waals surface area contributed by atoms with Gasteiger partial charge in [0.25, 0.3) is 0 Å². The first-order valence-electron chi connectivity index (χ1n) is 5.80. The van der Waals surface area contributed by atoms with Crippen molar-refractivity contribution in [1.82, 2.24) is 20.1 Å². The number of rotatable bonds is 4. The standard InChI is InChI=1S/C12H16N4O2S/c1-9(13-2)12-5-4-10(6-14-12)16-8-11(7-15-16)19(3,17)18/h4-9,13H,1-3H3. The number of nitrogens with one attached hydrogen (secondary N) is 1. The third kappa shape index (κ3) is 2.99. The van der Waals surface area contributed by atoms with E-state index in [2.05, 4.69) is 15.4 Å².